The number of methoxy groups -OCH3 is 1. The maximum atomic E-state index is 5.83. The lowest BCUT2D eigenvalue weighted by molar-refractivity contribution is 0.0518. The Labute approximate surface area is 102 Å². The Morgan fingerprint density at radius 1 is 1.47 bits per heavy atom. The SMILES string of the molecule is COc1c(C)cnc(COC2CCNC2)c1C. The van der Waals surface area contributed by atoms with Gasteiger partial charge >= 0.3 is 0 Å². The summed E-state index contributed by atoms with van der Waals surface area (Å²) >= 11 is 0. The van der Waals surface area contributed by atoms with Gasteiger partial charge in [0.2, 0.25) is 0 Å². The van der Waals surface area contributed by atoms with Crippen LogP contribution in [0.3, 0.4) is 0 Å². The molecular formula is C13H20N2O2. The van der Waals surface area contributed by atoms with E-state index in [1.165, 1.54) is 0 Å². The van der Waals surface area contributed by atoms with Crippen molar-refractivity contribution in [2.75, 3.05) is 20.2 Å². The average Bonchev–Trinajstić information content (AvgIpc) is 2.82. The predicted octanol–water partition coefficient (Wildman–Crippen LogP) is 1.59. The van der Waals surface area contributed by atoms with Gasteiger partial charge in [0.25, 0.3) is 0 Å². The molecule has 0 aliphatic carbocycles. The van der Waals surface area contributed by atoms with E-state index in [0.717, 1.165) is 42.1 Å². The molecule has 4 nitrogen and oxygen atoms in total. The van der Waals surface area contributed by atoms with Crippen LogP contribution in [0.25, 0.3) is 0 Å². The fourth-order valence-corrected chi connectivity index (χ4v) is 2.18. The molecule has 0 aromatic carbocycles. The van der Waals surface area contributed by atoms with E-state index in [9.17, 15) is 0 Å². The molecular weight excluding hydrogens is 216 g/mol. The summed E-state index contributed by atoms with van der Waals surface area (Å²) in [5, 5.41) is 3.28. The van der Waals surface area contributed by atoms with Gasteiger partial charge in [-0.1, -0.05) is 0 Å². The standard InChI is InChI=1S/C13H20N2O2/c1-9-6-15-12(10(2)13(9)16-3)8-17-11-4-5-14-7-11/h6,11,14H,4-5,7-8H2,1-3H3. The highest BCUT2D eigenvalue weighted by Crippen LogP contribution is 2.24. The second kappa shape index (κ2) is 5.47. The van der Waals surface area contributed by atoms with Crippen molar-refractivity contribution in [3.05, 3.63) is 23.0 Å². The molecule has 4 heteroatoms. The summed E-state index contributed by atoms with van der Waals surface area (Å²) in [6.45, 7) is 6.60. The normalized spacial score (nSPS) is 19.6. The molecule has 1 fully saturated rings. The van der Waals surface area contributed by atoms with Gasteiger partial charge in [0, 0.05) is 23.9 Å². The van der Waals surface area contributed by atoms with E-state index in [0.29, 0.717) is 12.7 Å². The first-order valence-electron chi connectivity index (χ1n) is 6.03. The van der Waals surface area contributed by atoms with Crippen molar-refractivity contribution in [1.82, 2.24) is 10.3 Å². The molecule has 1 atom stereocenters. The Kier molecular flexibility index (Phi) is 3.97. The van der Waals surface area contributed by atoms with Gasteiger partial charge in [-0.25, -0.2) is 0 Å². The number of hydrogen-bond donors (Lipinski definition) is 1. The minimum atomic E-state index is 0.323. The number of nitrogens with one attached hydrogen (secondary N) is 1. The van der Waals surface area contributed by atoms with Crippen LogP contribution >= 0.6 is 0 Å². The van der Waals surface area contributed by atoms with Gasteiger partial charge in [0.1, 0.15) is 5.75 Å². The van der Waals surface area contributed by atoms with Crippen LogP contribution in [-0.2, 0) is 11.3 Å². The summed E-state index contributed by atoms with van der Waals surface area (Å²) < 4.78 is 11.2. The molecule has 0 bridgehead atoms. The first-order chi connectivity index (χ1) is 8.22. The Morgan fingerprint density at radius 3 is 2.94 bits per heavy atom. The van der Waals surface area contributed by atoms with E-state index in [2.05, 4.69) is 10.3 Å². The van der Waals surface area contributed by atoms with Crippen LogP contribution < -0.4 is 10.1 Å². The Hall–Kier alpha value is -1.13. The van der Waals surface area contributed by atoms with Crippen LogP contribution in [0.4, 0.5) is 0 Å². The van der Waals surface area contributed by atoms with Gasteiger partial charge in [0.15, 0.2) is 0 Å². The van der Waals surface area contributed by atoms with Crippen molar-refractivity contribution < 1.29 is 9.47 Å². The van der Waals surface area contributed by atoms with E-state index in [1.807, 2.05) is 20.0 Å². The van der Waals surface area contributed by atoms with Crippen LogP contribution in [0.2, 0.25) is 0 Å². The molecule has 94 valence electrons. The highest BCUT2D eigenvalue weighted by molar-refractivity contribution is 5.40. The number of aryl methyl sites for hydroxylation is 1. The minimum Gasteiger partial charge on any atom is -0.496 e. The monoisotopic (exact) mass is 236 g/mol. The first-order valence-corrected chi connectivity index (χ1v) is 6.03. The maximum absolute atomic E-state index is 5.83. The number of pyridine rings is 1. The number of rotatable bonds is 4. The second-order valence-corrected chi connectivity index (χ2v) is 4.47. The number of nitrogens with zero attached hydrogens (tertiary/aromatic N) is 1. The summed E-state index contributed by atoms with van der Waals surface area (Å²) in [6, 6.07) is 0. The molecule has 1 aromatic rings. The van der Waals surface area contributed by atoms with Crippen molar-refractivity contribution >= 4 is 0 Å². The maximum Gasteiger partial charge on any atom is 0.128 e. The van der Waals surface area contributed by atoms with Crippen molar-refractivity contribution in [2.24, 2.45) is 0 Å². The van der Waals surface area contributed by atoms with Crippen molar-refractivity contribution in [3.8, 4) is 5.75 Å². The third kappa shape index (κ3) is 2.76. The zero-order chi connectivity index (χ0) is 12.3. The molecule has 0 radical (unpaired) electrons. The Balaban J connectivity index is 2.05. The van der Waals surface area contributed by atoms with E-state index in [4.69, 9.17) is 9.47 Å². The van der Waals surface area contributed by atoms with Gasteiger partial charge in [-0.3, -0.25) is 4.98 Å². The summed E-state index contributed by atoms with van der Waals surface area (Å²) in [5.74, 6) is 0.920. The van der Waals surface area contributed by atoms with Gasteiger partial charge in [0.05, 0.1) is 25.5 Å². The largest absolute Gasteiger partial charge is 0.496 e. The van der Waals surface area contributed by atoms with E-state index in [1.54, 1.807) is 7.11 Å². The molecule has 17 heavy (non-hydrogen) atoms. The van der Waals surface area contributed by atoms with Crippen LogP contribution in [0.5, 0.6) is 5.75 Å². The molecule has 1 unspecified atom stereocenters. The lowest BCUT2D eigenvalue weighted by atomic mass is 10.1. The molecule has 0 amide bonds. The smallest absolute Gasteiger partial charge is 0.128 e. The van der Waals surface area contributed by atoms with E-state index < -0.39 is 0 Å². The average molecular weight is 236 g/mol. The van der Waals surface area contributed by atoms with Crippen LogP contribution in [0.15, 0.2) is 6.20 Å². The van der Waals surface area contributed by atoms with Crippen LogP contribution in [0, 0.1) is 13.8 Å². The number of ether oxygens (including phenoxy) is 2. The third-order valence-electron chi connectivity index (χ3n) is 3.22. The molecule has 0 spiro atoms. The van der Waals surface area contributed by atoms with Gasteiger partial charge in [-0.05, 0) is 26.8 Å². The Bertz CT molecular complexity index is 387. The fraction of sp³-hybridized carbons (Fsp3) is 0.615. The highest BCUT2D eigenvalue weighted by atomic mass is 16.5. The van der Waals surface area contributed by atoms with Gasteiger partial charge in [-0.15, -0.1) is 0 Å². The quantitative estimate of drug-likeness (QED) is 0.862. The van der Waals surface area contributed by atoms with Gasteiger partial charge in [-0.2, -0.15) is 0 Å². The lowest BCUT2D eigenvalue weighted by Crippen LogP contribution is -2.17. The first kappa shape index (κ1) is 12.3. The topological polar surface area (TPSA) is 43.4 Å². The highest BCUT2D eigenvalue weighted by Gasteiger charge is 2.16. The molecule has 1 aromatic heterocycles. The second-order valence-electron chi connectivity index (χ2n) is 4.47. The molecule has 2 rings (SSSR count). The van der Waals surface area contributed by atoms with Gasteiger partial charge < -0.3 is 14.8 Å². The molecule has 0 saturated carbocycles. The summed E-state index contributed by atoms with van der Waals surface area (Å²) in [4.78, 5) is 4.42. The summed E-state index contributed by atoms with van der Waals surface area (Å²) in [7, 11) is 1.70. The molecule has 1 N–H and O–H groups in total. The predicted molar refractivity (Wildman–Crippen MR) is 66.3 cm³/mol. The van der Waals surface area contributed by atoms with Crippen LogP contribution in [0.1, 0.15) is 23.2 Å². The van der Waals surface area contributed by atoms with Crippen molar-refractivity contribution in [1.29, 1.82) is 0 Å². The van der Waals surface area contributed by atoms with Crippen LogP contribution in [-0.4, -0.2) is 31.3 Å². The van der Waals surface area contributed by atoms with Crippen molar-refractivity contribution in [2.45, 2.75) is 33.0 Å². The number of hydrogen-bond acceptors (Lipinski definition) is 4. The summed E-state index contributed by atoms with van der Waals surface area (Å²) in [6.07, 6.45) is 3.25. The zero-order valence-corrected chi connectivity index (χ0v) is 10.7. The van der Waals surface area contributed by atoms with E-state index >= 15 is 0 Å². The fourth-order valence-electron chi connectivity index (χ4n) is 2.18. The minimum absolute atomic E-state index is 0.323. The molecule has 2 heterocycles. The third-order valence-corrected chi connectivity index (χ3v) is 3.22. The zero-order valence-electron chi connectivity index (χ0n) is 10.7. The lowest BCUT2D eigenvalue weighted by Gasteiger charge is -2.14. The molecule has 1 aliphatic heterocycles. The molecule has 1 saturated heterocycles. The number of aromatic nitrogens is 1. The Morgan fingerprint density at radius 2 is 2.29 bits per heavy atom. The summed E-state index contributed by atoms with van der Waals surface area (Å²) in [5.41, 5.74) is 3.12. The van der Waals surface area contributed by atoms with Crippen molar-refractivity contribution in [3.63, 3.8) is 0 Å². The van der Waals surface area contributed by atoms with E-state index in [-0.39, 0.29) is 0 Å². The molecule has 1 aliphatic rings.